The first kappa shape index (κ1) is 16.6. The molecular weight excluding hydrogens is 285 g/mol. The van der Waals surface area contributed by atoms with E-state index in [1.165, 1.54) is 13.8 Å². The Balaban J connectivity index is 3.28. The number of rotatable bonds is 5. The Morgan fingerprint density at radius 1 is 1.25 bits per heavy atom. The van der Waals surface area contributed by atoms with Gasteiger partial charge in [0.15, 0.2) is 0 Å². The zero-order chi connectivity index (χ0) is 15.7. The minimum absolute atomic E-state index is 0.0780. The molecule has 0 aliphatic carbocycles. The van der Waals surface area contributed by atoms with Crippen LogP contribution in [0.3, 0.4) is 0 Å². The fourth-order valence-electron chi connectivity index (χ4n) is 2.02. The van der Waals surface area contributed by atoms with Crippen molar-refractivity contribution < 1.29 is 22.7 Å². The summed E-state index contributed by atoms with van der Waals surface area (Å²) >= 11 is 0. The molecule has 7 heteroatoms. The Hall–Kier alpha value is -1.47. The third-order valence-corrected chi connectivity index (χ3v) is 4.65. The van der Waals surface area contributed by atoms with Gasteiger partial charge in [-0.25, -0.2) is 12.8 Å². The van der Waals surface area contributed by atoms with Gasteiger partial charge in [0.25, 0.3) is 0 Å². The predicted octanol–water partition coefficient (Wildman–Crippen LogP) is 1.83. The van der Waals surface area contributed by atoms with Gasteiger partial charge in [-0.3, -0.25) is 4.79 Å². The molecule has 20 heavy (non-hydrogen) atoms. The van der Waals surface area contributed by atoms with Gasteiger partial charge >= 0.3 is 5.97 Å². The van der Waals surface area contributed by atoms with E-state index in [0.717, 1.165) is 12.1 Å². The van der Waals surface area contributed by atoms with Crippen LogP contribution in [0, 0.1) is 25.6 Å². The van der Waals surface area contributed by atoms with Crippen LogP contribution in [0.5, 0.6) is 0 Å². The summed E-state index contributed by atoms with van der Waals surface area (Å²) in [6.07, 6.45) is 0. The average molecular weight is 303 g/mol. The fraction of sp³-hybridized carbons (Fsp3) is 0.462. The molecule has 112 valence electrons. The lowest BCUT2D eigenvalue weighted by atomic mass is 10.1. The Morgan fingerprint density at radius 3 is 2.05 bits per heavy atom. The van der Waals surface area contributed by atoms with Crippen molar-refractivity contribution in [2.24, 2.45) is 5.92 Å². The Morgan fingerprint density at radius 2 is 1.70 bits per heavy atom. The van der Waals surface area contributed by atoms with Crippen LogP contribution in [-0.4, -0.2) is 25.5 Å². The quantitative estimate of drug-likeness (QED) is 0.869. The maximum absolute atomic E-state index is 13.2. The van der Waals surface area contributed by atoms with Gasteiger partial charge in [0.2, 0.25) is 10.0 Å². The van der Waals surface area contributed by atoms with Gasteiger partial charge in [0, 0.05) is 0 Å². The number of carbonyl (C=O) groups is 1. The van der Waals surface area contributed by atoms with Crippen molar-refractivity contribution in [3.05, 3.63) is 29.1 Å². The molecule has 0 amide bonds. The predicted molar refractivity (Wildman–Crippen MR) is 72.5 cm³/mol. The van der Waals surface area contributed by atoms with Crippen molar-refractivity contribution in [3.8, 4) is 0 Å². The van der Waals surface area contributed by atoms with Crippen LogP contribution >= 0.6 is 0 Å². The van der Waals surface area contributed by atoms with Gasteiger partial charge in [0.05, 0.1) is 4.90 Å². The second-order valence-corrected chi connectivity index (χ2v) is 6.70. The van der Waals surface area contributed by atoms with Crippen molar-refractivity contribution >= 4 is 16.0 Å². The van der Waals surface area contributed by atoms with Crippen LogP contribution in [-0.2, 0) is 14.8 Å². The highest BCUT2D eigenvalue weighted by atomic mass is 32.2. The summed E-state index contributed by atoms with van der Waals surface area (Å²) in [6, 6.07) is 0.975. The molecular formula is C13H18FNO4S. The monoisotopic (exact) mass is 303 g/mol. The number of aryl methyl sites for hydroxylation is 2. The van der Waals surface area contributed by atoms with Crippen LogP contribution in [0.4, 0.5) is 4.39 Å². The summed E-state index contributed by atoms with van der Waals surface area (Å²) in [5, 5.41) is 9.05. The molecule has 0 saturated carbocycles. The number of carboxylic acids is 1. The highest BCUT2D eigenvalue weighted by Gasteiger charge is 2.29. The third-order valence-electron chi connectivity index (χ3n) is 2.91. The van der Waals surface area contributed by atoms with E-state index in [4.69, 9.17) is 5.11 Å². The summed E-state index contributed by atoms with van der Waals surface area (Å²) in [4.78, 5) is 11.0. The normalized spacial score (nSPS) is 13.5. The van der Waals surface area contributed by atoms with Crippen molar-refractivity contribution in [3.63, 3.8) is 0 Å². The van der Waals surface area contributed by atoms with E-state index in [1.54, 1.807) is 13.8 Å². The molecule has 0 aliphatic rings. The molecule has 0 aliphatic heterocycles. The topological polar surface area (TPSA) is 83.5 Å². The standard InChI is InChI=1S/C13H18FNO4S/c1-7(2)11(13(16)17)15-20(18,19)12-8(3)5-10(14)6-9(12)4/h5-7,11,15H,1-4H3,(H,16,17)/t11-/m0/s1. The highest BCUT2D eigenvalue weighted by molar-refractivity contribution is 7.89. The maximum Gasteiger partial charge on any atom is 0.322 e. The zero-order valence-corrected chi connectivity index (χ0v) is 12.6. The van der Waals surface area contributed by atoms with Crippen LogP contribution < -0.4 is 4.72 Å². The first-order valence-electron chi connectivity index (χ1n) is 6.08. The molecule has 5 nitrogen and oxygen atoms in total. The molecule has 2 N–H and O–H groups in total. The molecule has 0 unspecified atom stereocenters. The van der Waals surface area contributed by atoms with E-state index in [2.05, 4.69) is 4.72 Å². The molecule has 0 saturated heterocycles. The van der Waals surface area contributed by atoms with Gasteiger partial charge in [-0.05, 0) is 43.0 Å². The second kappa shape index (κ2) is 5.88. The summed E-state index contributed by atoms with van der Waals surface area (Å²) in [6.45, 7) is 6.14. The largest absolute Gasteiger partial charge is 0.480 e. The number of hydrogen-bond acceptors (Lipinski definition) is 3. The van der Waals surface area contributed by atoms with Gasteiger partial charge in [0.1, 0.15) is 11.9 Å². The molecule has 1 atom stereocenters. The number of nitrogens with one attached hydrogen (secondary N) is 1. The van der Waals surface area contributed by atoms with Crippen LogP contribution in [0.25, 0.3) is 0 Å². The Labute approximate surface area is 117 Å². The number of carboxylic acid groups (broad SMARTS) is 1. The number of hydrogen-bond donors (Lipinski definition) is 2. The Kier molecular flexibility index (Phi) is 4.88. The SMILES string of the molecule is Cc1cc(F)cc(C)c1S(=O)(=O)N[C@H](C(=O)O)C(C)C. The van der Waals surface area contributed by atoms with Crippen molar-refractivity contribution in [2.75, 3.05) is 0 Å². The van der Waals surface area contributed by atoms with E-state index in [0.29, 0.717) is 0 Å². The summed E-state index contributed by atoms with van der Waals surface area (Å²) in [7, 11) is -4.03. The fourth-order valence-corrected chi connectivity index (χ4v) is 3.81. The van der Waals surface area contributed by atoms with E-state index >= 15 is 0 Å². The summed E-state index contributed by atoms with van der Waals surface area (Å²) in [5.74, 6) is -2.19. The van der Waals surface area contributed by atoms with E-state index in [1.807, 2.05) is 0 Å². The summed E-state index contributed by atoms with van der Waals surface area (Å²) in [5.41, 5.74) is 0.478. The first-order valence-corrected chi connectivity index (χ1v) is 7.56. The lowest BCUT2D eigenvalue weighted by Crippen LogP contribution is -2.44. The van der Waals surface area contributed by atoms with Crippen LogP contribution in [0.1, 0.15) is 25.0 Å². The summed E-state index contributed by atoms with van der Waals surface area (Å²) < 4.78 is 40.0. The van der Waals surface area contributed by atoms with E-state index in [-0.39, 0.29) is 16.0 Å². The maximum atomic E-state index is 13.2. The molecule has 0 radical (unpaired) electrons. The third kappa shape index (κ3) is 3.55. The van der Waals surface area contributed by atoms with E-state index in [9.17, 15) is 17.6 Å². The zero-order valence-electron chi connectivity index (χ0n) is 11.8. The van der Waals surface area contributed by atoms with Crippen LogP contribution in [0.15, 0.2) is 17.0 Å². The minimum atomic E-state index is -4.03. The van der Waals surface area contributed by atoms with Crippen molar-refractivity contribution in [1.29, 1.82) is 0 Å². The lowest BCUT2D eigenvalue weighted by Gasteiger charge is -2.19. The molecule has 0 spiro atoms. The first-order chi connectivity index (χ1) is 9.06. The minimum Gasteiger partial charge on any atom is -0.480 e. The second-order valence-electron chi connectivity index (χ2n) is 5.05. The number of benzene rings is 1. The molecule has 1 aromatic rings. The van der Waals surface area contributed by atoms with Crippen molar-refractivity contribution in [2.45, 2.75) is 38.6 Å². The average Bonchev–Trinajstić information content (AvgIpc) is 2.23. The molecule has 0 heterocycles. The van der Waals surface area contributed by atoms with Gasteiger partial charge in [-0.15, -0.1) is 0 Å². The Bertz CT molecular complexity index is 602. The van der Waals surface area contributed by atoms with E-state index < -0.39 is 33.8 Å². The van der Waals surface area contributed by atoms with Crippen molar-refractivity contribution in [1.82, 2.24) is 4.72 Å². The molecule has 0 fully saturated rings. The molecule has 1 rings (SSSR count). The lowest BCUT2D eigenvalue weighted by molar-refractivity contribution is -0.140. The molecule has 0 bridgehead atoms. The number of aliphatic carboxylic acids is 1. The van der Waals surface area contributed by atoms with Gasteiger partial charge < -0.3 is 5.11 Å². The van der Waals surface area contributed by atoms with Gasteiger partial charge in [-0.2, -0.15) is 4.72 Å². The smallest absolute Gasteiger partial charge is 0.322 e. The molecule has 0 aromatic heterocycles. The highest BCUT2D eigenvalue weighted by Crippen LogP contribution is 2.22. The van der Waals surface area contributed by atoms with Crippen LogP contribution in [0.2, 0.25) is 0 Å². The number of halogens is 1. The molecule has 1 aromatic carbocycles. The number of sulfonamides is 1. The van der Waals surface area contributed by atoms with Gasteiger partial charge in [-0.1, -0.05) is 13.8 Å².